The maximum atomic E-state index is 13.4. The largest absolute Gasteiger partial charge is 0.374 e. The molecule has 1 fully saturated rings. The van der Waals surface area contributed by atoms with Crippen LogP contribution in [0.2, 0.25) is 0 Å². The highest BCUT2D eigenvalue weighted by atomic mass is 19.2. The molecule has 1 atom stereocenters. The molecule has 2 rings (SSSR count). The number of ether oxygens (including phenoxy) is 2. The summed E-state index contributed by atoms with van der Waals surface area (Å²) in [5.74, 6) is -1.69. The van der Waals surface area contributed by atoms with Gasteiger partial charge in [0.2, 0.25) is 0 Å². The summed E-state index contributed by atoms with van der Waals surface area (Å²) in [5, 5.41) is 3.26. The molecule has 0 aliphatic carbocycles. The zero-order valence-corrected chi connectivity index (χ0v) is 11.2. The molecule has 1 aromatic rings. The first-order valence-corrected chi connectivity index (χ1v) is 6.37. The summed E-state index contributed by atoms with van der Waals surface area (Å²) in [6, 6.07) is 4.08. The van der Waals surface area contributed by atoms with E-state index in [1.165, 1.54) is 12.1 Å². The van der Waals surface area contributed by atoms with Gasteiger partial charge in [0.05, 0.1) is 24.9 Å². The highest BCUT2D eigenvalue weighted by Gasteiger charge is 2.28. The molecule has 1 unspecified atom stereocenters. The van der Waals surface area contributed by atoms with Crippen molar-refractivity contribution in [1.29, 1.82) is 0 Å². The number of benzene rings is 1. The first kappa shape index (κ1) is 14.4. The van der Waals surface area contributed by atoms with Crippen LogP contribution < -0.4 is 5.32 Å². The third kappa shape index (κ3) is 3.96. The Labute approximate surface area is 111 Å². The molecular formula is C14H19F2NO2. The van der Waals surface area contributed by atoms with Crippen LogP contribution in [0.3, 0.4) is 0 Å². The third-order valence-corrected chi connectivity index (χ3v) is 3.00. The summed E-state index contributed by atoms with van der Waals surface area (Å²) >= 11 is 0. The Balaban J connectivity index is 1.82. The smallest absolute Gasteiger partial charge is 0.164 e. The van der Waals surface area contributed by atoms with E-state index in [0.29, 0.717) is 13.2 Å². The Morgan fingerprint density at radius 1 is 1.42 bits per heavy atom. The van der Waals surface area contributed by atoms with Crippen LogP contribution in [-0.2, 0) is 16.1 Å². The van der Waals surface area contributed by atoms with Gasteiger partial charge in [-0.05, 0) is 19.9 Å². The number of nitrogens with one attached hydrogen (secondary N) is 1. The highest BCUT2D eigenvalue weighted by molar-refractivity contribution is 5.17. The molecule has 0 saturated carbocycles. The SMILES string of the molecule is CC1(C)CNCC(COCc2cccc(F)c2F)O1. The summed E-state index contributed by atoms with van der Waals surface area (Å²) in [7, 11) is 0. The second-order valence-electron chi connectivity index (χ2n) is 5.36. The zero-order valence-electron chi connectivity index (χ0n) is 11.2. The molecule has 0 spiro atoms. The van der Waals surface area contributed by atoms with Crippen LogP contribution in [-0.4, -0.2) is 31.4 Å². The fourth-order valence-corrected chi connectivity index (χ4v) is 2.12. The van der Waals surface area contributed by atoms with E-state index >= 15 is 0 Å². The van der Waals surface area contributed by atoms with Crippen LogP contribution >= 0.6 is 0 Å². The van der Waals surface area contributed by atoms with E-state index in [0.717, 1.165) is 12.6 Å². The Kier molecular flexibility index (Phi) is 4.50. The monoisotopic (exact) mass is 271 g/mol. The highest BCUT2D eigenvalue weighted by Crippen LogP contribution is 2.16. The van der Waals surface area contributed by atoms with Gasteiger partial charge < -0.3 is 14.8 Å². The van der Waals surface area contributed by atoms with Gasteiger partial charge in [-0.2, -0.15) is 0 Å². The summed E-state index contributed by atoms with van der Waals surface area (Å²) in [6.07, 6.45) is -0.0691. The zero-order chi connectivity index (χ0) is 13.9. The van der Waals surface area contributed by atoms with E-state index in [-0.39, 0.29) is 23.9 Å². The van der Waals surface area contributed by atoms with E-state index in [1.807, 2.05) is 13.8 Å². The van der Waals surface area contributed by atoms with Gasteiger partial charge >= 0.3 is 0 Å². The topological polar surface area (TPSA) is 30.5 Å². The fraction of sp³-hybridized carbons (Fsp3) is 0.571. The van der Waals surface area contributed by atoms with E-state index in [9.17, 15) is 8.78 Å². The van der Waals surface area contributed by atoms with Gasteiger partial charge in [0.15, 0.2) is 11.6 Å². The Hall–Kier alpha value is -1.04. The van der Waals surface area contributed by atoms with Crippen molar-refractivity contribution >= 4 is 0 Å². The van der Waals surface area contributed by atoms with Crippen LogP contribution in [0.4, 0.5) is 8.78 Å². The number of hydrogen-bond donors (Lipinski definition) is 1. The van der Waals surface area contributed by atoms with Crippen LogP contribution in [0, 0.1) is 11.6 Å². The van der Waals surface area contributed by atoms with E-state index in [2.05, 4.69) is 5.32 Å². The van der Waals surface area contributed by atoms with E-state index < -0.39 is 11.6 Å². The van der Waals surface area contributed by atoms with Gasteiger partial charge in [-0.3, -0.25) is 0 Å². The van der Waals surface area contributed by atoms with Crippen molar-refractivity contribution in [3.8, 4) is 0 Å². The maximum Gasteiger partial charge on any atom is 0.164 e. The minimum absolute atomic E-state index is 0.0455. The van der Waals surface area contributed by atoms with Crippen LogP contribution in [0.25, 0.3) is 0 Å². The number of morpholine rings is 1. The van der Waals surface area contributed by atoms with Gasteiger partial charge in [-0.25, -0.2) is 8.78 Å². The molecule has 0 aromatic heterocycles. The van der Waals surface area contributed by atoms with Crippen LogP contribution in [0.1, 0.15) is 19.4 Å². The summed E-state index contributed by atoms with van der Waals surface area (Å²) < 4.78 is 37.6. The van der Waals surface area contributed by atoms with Crippen LogP contribution in [0.15, 0.2) is 18.2 Å². The van der Waals surface area contributed by atoms with Gasteiger partial charge in [0.1, 0.15) is 0 Å². The second kappa shape index (κ2) is 5.94. The first-order valence-electron chi connectivity index (χ1n) is 6.37. The molecule has 0 bridgehead atoms. The quantitative estimate of drug-likeness (QED) is 0.911. The average Bonchev–Trinajstić information content (AvgIpc) is 2.33. The summed E-state index contributed by atoms with van der Waals surface area (Å²) in [6.45, 7) is 5.89. The van der Waals surface area contributed by atoms with Gasteiger partial charge in [0, 0.05) is 18.7 Å². The normalized spacial score (nSPS) is 22.4. The molecule has 3 nitrogen and oxygen atoms in total. The van der Waals surface area contributed by atoms with Crippen molar-refractivity contribution in [3.63, 3.8) is 0 Å². The van der Waals surface area contributed by atoms with Crippen LogP contribution in [0.5, 0.6) is 0 Å². The molecule has 106 valence electrons. The summed E-state index contributed by atoms with van der Waals surface area (Å²) in [5.41, 5.74) is -0.000785. The Bertz CT molecular complexity index is 437. The molecule has 19 heavy (non-hydrogen) atoms. The minimum atomic E-state index is -0.849. The predicted molar refractivity (Wildman–Crippen MR) is 67.8 cm³/mol. The molecule has 1 aliphatic heterocycles. The molecule has 1 aliphatic rings. The summed E-state index contributed by atoms with van der Waals surface area (Å²) in [4.78, 5) is 0. The van der Waals surface area contributed by atoms with Gasteiger partial charge in [-0.1, -0.05) is 12.1 Å². The van der Waals surface area contributed by atoms with Crippen molar-refractivity contribution in [2.24, 2.45) is 0 Å². The average molecular weight is 271 g/mol. The van der Waals surface area contributed by atoms with E-state index in [1.54, 1.807) is 0 Å². The molecule has 0 amide bonds. The Morgan fingerprint density at radius 3 is 2.95 bits per heavy atom. The number of rotatable bonds is 4. The number of hydrogen-bond acceptors (Lipinski definition) is 3. The van der Waals surface area contributed by atoms with Crippen molar-refractivity contribution in [3.05, 3.63) is 35.4 Å². The standard InChI is InChI=1S/C14H19F2NO2/c1-14(2)9-17-6-11(19-14)8-18-7-10-4-3-5-12(15)13(10)16/h3-5,11,17H,6-9H2,1-2H3. The molecule has 1 N–H and O–H groups in total. The molecule has 0 radical (unpaired) electrons. The Morgan fingerprint density at radius 2 is 2.21 bits per heavy atom. The van der Waals surface area contributed by atoms with Crippen molar-refractivity contribution < 1.29 is 18.3 Å². The maximum absolute atomic E-state index is 13.4. The molecular weight excluding hydrogens is 252 g/mol. The third-order valence-electron chi connectivity index (χ3n) is 3.00. The van der Waals surface area contributed by atoms with Gasteiger partial charge in [0.25, 0.3) is 0 Å². The minimum Gasteiger partial charge on any atom is -0.374 e. The molecule has 1 heterocycles. The lowest BCUT2D eigenvalue weighted by Crippen LogP contribution is -2.51. The molecule has 1 aromatic carbocycles. The lowest BCUT2D eigenvalue weighted by Gasteiger charge is -2.36. The van der Waals surface area contributed by atoms with Crippen molar-refractivity contribution in [2.75, 3.05) is 19.7 Å². The lowest BCUT2D eigenvalue weighted by atomic mass is 10.1. The van der Waals surface area contributed by atoms with Crippen molar-refractivity contribution in [2.45, 2.75) is 32.2 Å². The van der Waals surface area contributed by atoms with E-state index in [4.69, 9.17) is 9.47 Å². The lowest BCUT2D eigenvalue weighted by molar-refractivity contribution is -0.122. The first-order chi connectivity index (χ1) is 8.98. The van der Waals surface area contributed by atoms with Crippen molar-refractivity contribution in [1.82, 2.24) is 5.32 Å². The molecule has 5 heteroatoms. The second-order valence-corrected chi connectivity index (χ2v) is 5.36. The number of halogens is 2. The predicted octanol–water partition coefficient (Wildman–Crippen LogP) is 2.25. The molecule has 1 saturated heterocycles. The van der Waals surface area contributed by atoms with Gasteiger partial charge in [-0.15, -0.1) is 0 Å². The fourth-order valence-electron chi connectivity index (χ4n) is 2.12.